The van der Waals surface area contributed by atoms with Crippen LogP contribution in [0.5, 0.6) is 0 Å². The average Bonchev–Trinajstić information content (AvgIpc) is 1.65. The van der Waals surface area contributed by atoms with Gasteiger partial charge in [0, 0.05) is 0 Å². The molecule has 4 heteroatoms. The molecule has 6 heavy (non-hydrogen) atoms. The first kappa shape index (κ1) is 5.39. The van der Waals surface area contributed by atoms with Crippen molar-refractivity contribution < 1.29 is 14.9 Å². The molecule has 0 fully saturated rings. The molecule has 0 aliphatic heterocycles. The van der Waals surface area contributed by atoms with Crippen LogP contribution in [0.1, 0.15) is 0 Å². The second kappa shape index (κ2) is 2.62. The van der Waals surface area contributed by atoms with E-state index in [1.165, 1.54) is 0 Å². The predicted molar refractivity (Wildman–Crippen MR) is 17.8 cm³/mol. The Kier molecular flexibility index (Phi) is 2.35. The molecule has 3 N–H and O–H groups in total. The molecule has 0 aromatic carbocycles. The molecule has 0 radical (unpaired) electrons. The molecule has 0 amide bonds. The van der Waals surface area contributed by atoms with Crippen LogP contribution < -0.4 is 5.73 Å². The zero-order valence-corrected chi connectivity index (χ0v) is 3.05. The van der Waals surface area contributed by atoms with Crippen LogP contribution in [0.25, 0.3) is 0 Å². The lowest BCUT2D eigenvalue weighted by Crippen LogP contribution is -2.14. The molecule has 0 unspecified atom stereocenters. The monoisotopic (exact) mass is 91.0 g/mol. The molecule has 0 bridgehead atoms. The summed E-state index contributed by atoms with van der Waals surface area (Å²) in [5.41, 5.74) is 4.65. The van der Waals surface area contributed by atoms with E-state index >= 15 is 0 Å². The van der Waals surface area contributed by atoms with E-state index in [0.29, 0.717) is 0 Å². The molecule has 0 aromatic rings. The van der Waals surface area contributed by atoms with Gasteiger partial charge < -0.3 is 5.73 Å². The van der Waals surface area contributed by atoms with Crippen LogP contribution >= 0.6 is 0 Å². The Morgan fingerprint density at radius 2 is 2.50 bits per heavy atom. The summed E-state index contributed by atoms with van der Waals surface area (Å²) in [4.78, 5) is 12.7. The van der Waals surface area contributed by atoms with Crippen LogP contribution in [-0.4, -0.2) is 17.8 Å². The summed E-state index contributed by atoms with van der Waals surface area (Å²) < 4.78 is 0. The van der Waals surface area contributed by atoms with Gasteiger partial charge in [0.2, 0.25) is 0 Å². The van der Waals surface area contributed by atoms with Gasteiger partial charge in [-0.2, -0.15) is 5.26 Å². The van der Waals surface area contributed by atoms with E-state index in [0.717, 1.165) is 0 Å². The lowest BCUT2D eigenvalue weighted by molar-refractivity contribution is -0.232. The van der Waals surface area contributed by atoms with Gasteiger partial charge in [0.05, 0.1) is 6.54 Å². The molecule has 36 valence electrons. The first-order valence-electron chi connectivity index (χ1n) is 1.35. The Balaban J connectivity index is 2.99. The van der Waals surface area contributed by atoms with E-state index in [1.807, 2.05) is 0 Å². The van der Waals surface area contributed by atoms with Crippen LogP contribution in [0.3, 0.4) is 0 Å². The highest BCUT2D eigenvalue weighted by Gasteiger charge is 1.90. The standard InChI is InChI=1S/C2H5NO3/c3-1-2(4)6-5/h5H,1,3H2. The normalized spacial score (nSPS) is 7.67. The van der Waals surface area contributed by atoms with Crippen molar-refractivity contribution in [2.75, 3.05) is 6.54 Å². The third kappa shape index (κ3) is 1.68. The largest absolute Gasteiger partial charge is 0.355 e. The average molecular weight is 91.1 g/mol. The van der Waals surface area contributed by atoms with Gasteiger partial charge in [0.15, 0.2) is 0 Å². The van der Waals surface area contributed by atoms with Crippen molar-refractivity contribution in [2.24, 2.45) is 5.73 Å². The van der Waals surface area contributed by atoms with Gasteiger partial charge in [-0.25, -0.2) is 4.79 Å². The Labute approximate surface area is 34.4 Å². The maximum absolute atomic E-state index is 9.58. The minimum atomic E-state index is -0.824. The van der Waals surface area contributed by atoms with Crippen LogP contribution in [0, 0.1) is 0 Å². The van der Waals surface area contributed by atoms with Gasteiger partial charge in [-0.15, -0.1) is 0 Å². The molecule has 0 heterocycles. The fourth-order valence-corrected chi connectivity index (χ4v) is 0.0373. The van der Waals surface area contributed by atoms with Gasteiger partial charge >= 0.3 is 5.97 Å². The van der Waals surface area contributed by atoms with Gasteiger partial charge in [-0.3, -0.25) is 4.89 Å². The van der Waals surface area contributed by atoms with Gasteiger partial charge in [-0.1, -0.05) is 0 Å². The van der Waals surface area contributed by atoms with Crippen LogP contribution in [0.4, 0.5) is 0 Å². The molecule has 4 nitrogen and oxygen atoms in total. The van der Waals surface area contributed by atoms with Gasteiger partial charge in [-0.05, 0) is 0 Å². The highest BCUT2D eigenvalue weighted by atomic mass is 17.1. The molecule has 0 saturated heterocycles. The Bertz CT molecular complexity index is 46.8. The summed E-state index contributed by atoms with van der Waals surface area (Å²) >= 11 is 0. The topological polar surface area (TPSA) is 72.6 Å². The third-order valence-electron chi connectivity index (χ3n) is 0.268. The van der Waals surface area contributed by atoms with E-state index in [9.17, 15) is 4.79 Å². The lowest BCUT2D eigenvalue weighted by Gasteiger charge is -1.83. The van der Waals surface area contributed by atoms with Crippen LogP contribution in [0.15, 0.2) is 0 Å². The third-order valence-corrected chi connectivity index (χ3v) is 0.268. The Morgan fingerprint density at radius 1 is 2.00 bits per heavy atom. The molecule has 0 aromatic heterocycles. The minimum Gasteiger partial charge on any atom is -0.321 e. The van der Waals surface area contributed by atoms with Crippen molar-refractivity contribution in [1.82, 2.24) is 0 Å². The molecular weight excluding hydrogens is 86.0 g/mol. The lowest BCUT2D eigenvalue weighted by atomic mass is 10.7. The molecule has 0 aliphatic rings. The summed E-state index contributed by atoms with van der Waals surface area (Å²) in [6.07, 6.45) is 0. The van der Waals surface area contributed by atoms with Crippen molar-refractivity contribution in [3.05, 3.63) is 0 Å². The van der Waals surface area contributed by atoms with Crippen molar-refractivity contribution in [3.8, 4) is 0 Å². The maximum atomic E-state index is 9.58. The summed E-state index contributed by atoms with van der Waals surface area (Å²) in [6.45, 7) is -0.281. The van der Waals surface area contributed by atoms with E-state index in [2.05, 4.69) is 10.6 Å². The quantitative estimate of drug-likeness (QED) is 0.319. The number of hydrogen-bond donors (Lipinski definition) is 2. The summed E-state index contributed by atoms with van der Waals surface area (Å²) in [7, 11) is 0. The first-order valence-corrected chi connectivity index (χ1v) is 1.35. The van der Waals surface area contributed by atoms with Crippen LogP contribution in [-0.2, 0) is 9.68 Å². The Hall–Kier alpha value is -0.610. The highest BCUT2D eigenvalue weighted by molar-refractivity contribution is 5.70. The fraction of sp³-hybridized carbons (Fsp3) is 0.500. The smallest absolute Gasteiger partial charge is 0.321 e. The van der Waals surface area contributed by atoms with E-state index in [1.54, 1.807) is 0 Å². The highest BCUT2D eigenvalue weighted by Crippen LogP contribution is 1.60. The number of carbonyl (C=O) groups is 1. The molecule has 0 spiro atoms. The van der Waals surface area contributed by atoms with E-state index in [-0.39, 0.29) is 6.54 Å². The predicted octanol–water partition coefficient (Wildman–Crippen LogP) is -1.04. The van der Waals surface area contributed by atoms with Crippen molar-refractivity contribution in [3.63, 3.8) is 0 Å². The first-order chi connectivity index (χ1) is 2.81. The van der Waals surface area contributed by atoms with Crippen molar-refractivity contribution >= 4 is 5.97 Å². The van der Waals surface area contributed by atoms with Gasteiger partial charge in [0.25, 0.3) is 0 Å². The zero-order chi connectivity index (χ0) is 4.99. The molecule has 0 atom stereocenters. The van der Waals surface area contributed by atoms with E-state index in [4.69, 9.17) is 5.26 Å². The van der Waals surface area contributed by atoms with Crippen LogP contribution in [0.2, 0.25) is 0 Å². The second-order valence-electron chi connectivity index (χ2n) is 0.667. The number of nitrogens with two attached hydrogens (primary N) is 1. The number of carbonyl (C=O) groups excluding carboxylic acids is 1. The summed E-state index contributed by atoms with van der Waals surface area (Å²) in [6, 6.07) is 0. The number of hydrogen-bond acceptors (Lipinski definition) is 4. The molecule has 0 saturated carbocycles. The fourth-order valence-electron chi connectivity index (χ4n) is 0.0373. The summed E-state index contributed by atoms with van der Waals surface area (Å²) in [5.74, 6) is -0.824. The summed E-state index contributed by atoms with van der Waals surface area (Å²) in [5, 5.41) is 7.41. The van der Waals surface area contributed by atoms with Gasteiger partial charge in [0.1, 0.15) is 0 Å². The Morgan fingerprint density at radius 3 is 2.50 bits per heavy atom. The number of rotatable bonds is 1. The van der Waals surface area contributed by atoms with Crippen molar-refractivity contribution in [1.29, 1.82) is 0 Å². The molecule has 0 aliphatic carbocycles. The molecular formula is C2H5NO3. The van der Waals surface area contributed by atoms with E-state index < -0.39 is 5.97 Å². The minimum absolute atomic E-state index is 0.281. The zero-order valence-electron chi connectivity index (χ0n) is 3.05. The second-order valence-corrected chi connectivity index (χ2v) is 0.667. The maximum Gasteiger partial charge on any atom is 0.355 e. The molecule has 0 rings (SSSR count). The van der Waals surface area contributed by atoms with Crippen molar-refractivity contribution in [2.45, 2.75) is 0 Å². The SMILES string of the molecule is NCC(=O)OO.